The first-order valence-electron chi connectivity index (χ1n) is 7.35. The van der Waals surface area contributed by atoms with Crippen LogP contribution in [0.25, 0.3) is 0 Å². The highest BCUT2D eigenvalue weighted by atomic mass is 35.5. The van der Waals surface area contributed by atoms with Crippen molar-refractivity contribution in [2.45, 2.75) is 51.8 Å². The van der Waals surface area contributed by atoms with Gasteiger partial charge in [0.2, 0.25) is 0 Å². The van der Waals surface area contributed by atoms with E-state index in [-0.39, 0.29) is 11.7 Å². The molecule has 5 heteroatoms. The van der Waals surface area contributed by atoms with E-state index in [1.165, 1.54) is 0 Å². The maximum atomic E-state index is 12.1. The van der Waals surface area contributed by atoms with Crippen LogP contribution in [0.1, 0.15) is 45.7 Å². The molecule has 1 aromatic carbocycles. The molecular weight excluding hydrogens is 305 g/mol. The molecule has 0 saturated carbocycles. The Bertz CT molecular complexity index is 460. The average molecular weight is 332 g/mol. The lowest BCUT2D eigenvalue weighted by atomic mass is 9.96. The number of benzene rings is 1. The van der Waals surface area contributed by atoms with Gasteiger partial charge in [0.25, 0.3) is 0 Å². The summed E-state index contributed by atoms with van der Waals surface area (Å²) in [5, 5.41) is 4.02. The zero-order valence-corrected chi connectivity index (χ0v) is 15.9. The van der Waals surface area contributed by atoms with Crippen LogP contribution in [0.2, 0.25) is 10.1 Å². The van der Waals surface area contributed by atoms with Crippen molar-refractivity contribution in [3.05, 3.63) is 34.3 Å². The first-order chi connectivity index (χ1) is 9.65. The quantitative estimate of drug-likeness (QED) is 0.603. The predicted octanol–water partition coefficient (Wildman–Crippen LogP) is 3.95. The van der Waals surface area contributed by atoms with Crippen LogP contribution in [-0.4, -0.2) is 23.0 Å². The predicted molar refractivity (Wildman–Crippen MR) is 91.5 cm³/mol. The van der Waals surface area contributed by atoms with Gasteiger partial charge in [0.05, 0.1) is 5.60 Å². The van der Waals surface area contributed by atoms with Crippen molar-refractivity contribution in [3.63, 3.8) is 0 Å². The summed E-state index contributed by atoms with van der Waals surface area (Å²) in [4.78, 5) is 0. The second kappa shape index (κ2) is 7.72. The number of rotatable bonds is 7. The van der Waals surface area contributed by atoms with Crippen LogP contribution in [0, 0.1) is 0 Å². The summed E-state index contributed by atoms with van der Waals surface area (Å²) in [5.74, 6) is 0. The number of alkyl halides is 1. The molecule has 0 bridgehead atoms. The molecule has 0 fully saturated rings. The highest BCUT2D eigenvalue weighted by Crippen LogP contribution is 2.34. The third kappa shape index (κ3) is 6.47. The van der Waals surface area contributed by atoms with E-state index in [1.54, 1.807) is 0 Å². The second-order valence-corrected chi connectivity index (χ2v) is 10.1. The molecular formula is C16H27ClFNOSi. The maximum absolute atomic E-state index is 12.1. The lowest BCUT2D eigenvalue weighted by Crippen LogP contribution is -2.28. The summed E-state index contributed by atoms with van der Waals surface area (Å²) in [6.07, 6.45) is 0. The molecule has 2 nitrogen and oxygen atoms in total. The van der Waals surface area contributed by atoms with Crippen molar-refractivity contribution in [1.82, 2.24) is 5.32 Å². The SMILES string of the molecule is CC(C)(C)[SiH2]OC(C)(C)c1cc(CNCCF)ccc1Cl. The highest BCUT2D eigenvalue weighted by Gasteiger charge is 2.26. The van der Waals surface area contributed by atoms with E-state index in [0.717, 1.165) is 16.1 Å². The van der Waals surface area contributed by atoms with Crippen LogP contribution in [0.15, 0.2) is 18.2 Å². The van der Waals surface area contributed by atoms with Gasteiger partial charge in [0.15, 0.2) is 9.76 Å². The molecule has 1 rings (SSSR count). The number of hydrogen-bond donors (Lipinski definition) is 1. The van der Waals surface area contributed by atoms with E-state index < -0.39 is 15.4 Å². The summed E-state index contributed by atoms with van der Waals surface area (Å²) in [5.41, 5.74) is 1.70. The Morgan fingerprint density at radius 1 is 1.24 bits per heavy atom. The average Bonchev–Trinajstić information content (AvgIpc) is 2.38. The molecule has 0 aromatic heterocycles. The van der Waals surface area contributed by atoms with Gasteiger partial charge in [0, 0.05) is 23.7 Å². The maximum Gasteiger partial charge on any atom is 0.168 e. The normalized spacial score (nSPS) is 13.3. The van der Waals surface area contributed by atoms with Crippen LogP contribution >= 0.6 is 11.6 Å². The molecule has 0 radical (unpaired) electrons. The molecule has 1 N–H and O–H groups in total. The van der Waals surface area contributed by atoms with Crippen LogP contribution < -0.4 is 5.32 Å². The smallest absolute Gasteiger partial charge is 0.168 e. The molecule has 0 aliphatic rings. The zero-order valence-electron chi connectivity index (χ0n) is 13.7. The third-order valence-corrected chi connectivity index (χ3v) is 5.21. The van der Waals surface area contributed by atoms with Gasteiger partial charge in [0.1, 0.15) is 6.67 Å². The topological polar surface area (TPSA) is 21.3 Å². The van der Waals surface area contributed by atoms with E-state index >= 15 is 0 Å². The van der Waals surface area contributed by atoms with Crippen LogP contribution in [0.4, 0.5) is 4.39 Å². The van der Waals surface area contributed by atoms with Gasteiger partial charge in [-0.2, -0.15) is 0 Å². The van der Waals surface area contributed by atoms with Crippen molar-refractivity contribution >= 4 is 21.4 Å². The van der Waals surface area contributed by atoms with E-state index in [0.29, 0.717) is 13.1 Å². The van der Waals surface area contributed by atoms with Crippen molar-refractivity contribution in [2.24, 2.45) is 0 Å². The van der Waals surface area contributed by atoms with Gasteiger partial charge in [-0.05, 0) is 30.5 Å². The summed E-state index contributed by atoms with van der Waals surface area (Å²) in [6, 6.07) is 5.92. The Hall–Kier alpha value is -0.423. The van der Waals surface area contributed by atoms with E-state index in [9.17, 15) is 4.39 Å². The first kappa shape index (κ1) is 18.6. The molecule has 0 saturated heterocycles. The van der Waals surface area contributed by atoms with Gasteiger partial charge in [-0.1, -0.05) is 44.5 Å². The molecule has 0 aliphatic carbocycles. The van der Waals surface area contributed by atoms with E-state index in [2.05, 4.69) is 46.0 Å². The summed E-state index contributed by atoms with van der Waals surface area (Å²) < 4.78 is 18.4. The summed E-state index contributed by atoms with van der Waals surface area (Å²) in [7, 11) is -0.670. The Labute approximate surface area is 135 Å². The monoisotopic (exact) mass is 331 g/mol. The number of halogens is 2. The highest BCUT2D eigenvalue weighted by molar-refractivity contribution is 6.32. The molecule has 0 unspecified atom stereocenters. The molecule has 0 atom stereocenters. The fraction of sp³-hybridized carbons (Fsp3) is 0.625. The van der Waals surface area contributed by atoms with Gasteiger partial charge in [-0.15, -0.1) is 0 Å². The Morgan fingerprint density at radius 3 is 2.48 bits per heavy atom. The van der Waals surface area contributed by atoms with Crippen molar-refractivity contribution in [1.29, 1.82) is 0 Å². The molecule has 21 heavy (non-hydrogen) atoms. The molecule has 120 valence electrons. The van der Waals surface area contributed by atoms with E-state index in [1.807, 2.05) is 12.1 Å². The van der Waals surface area contributed by atoms with Gasteiger partial charge < -0.3 is 9.74 Å². The van der Waals surface area contributed by atoms with Gasteiger partial charge in [-0.3, -0.25) is 0 Å². The molecule has 0 heterocycles. The minimum Gasteiger partial charge on any atom is -0.414 e. The zero-order chi connectivity index (χ0) is 16.1. The minimum absolute atomic E-state index is 0.240. The lowest BCUT2D eigenvalue weighted by molar-refractivity contribution is 0.109. The van der Waals surface area contributed by atoms with E-state index in [4.69, 9.17) is 16.0 Å². The standard InChI is InChI=1S/C16H27ClFNOSi/c1-15(2,3)21-20-16(4,5)13-10-12(6-7-14(13)17)11-19-9-8-18/h6-7,10,19H,8-9,11,21H2,1-5H3. The largest absolute Gasteiger partial charge is 0.414 e. The first-order valence-corrected chi connectivity index (χ1v) is 9.01. The van der Waals surface area contributed by atoms with Crippen molar-refractivity contribution < 1.29 is 8.82 Å². The number of hydrogen-bond acceptors (Lipinski definition) is 2. The fourth-order valence-corrected chi connectivity index (χ4v) is 3.21. The summed E-state index contributed by atoms with van der Waals surface area (Å²) in [6.45, 7) is 11.4. The Balaban J connectivity index is 2.86. The van der Waals surface area contributed by atoms with Crippen LogP contribution in [0.3, 0.4) is 0 Å². The van der Waals surface area contributed by atoms with Crippen molar-refractivity contribution in [3.8, 4) is 0 Å². The van der Waals surface area contributed by atoms with Crippen molar-refractivity contribution in [2.75, 3.05) is 13.2 Å². The second-order valence-electron chi connectivity index (χ2n) is 7.04. The Morgan fingerprint density at radius 2 is 1.90 bits per heavy atom. The molecule has 0 aliphatic heterocycles. The molecule has 0 amide bonds. The Kier molecular flexibility index (Phi) is 6.85. The minimum atomic E-state index is -0.670. The molecule has 0 spiro atoms. The molecule has 1 aromatic rings. The van der Waals surface area contributed by atoms with Gasteiger partial charge in [-0.25, -0.2) is 4.39 Å². The third-order valence-electron chi connectivity index (χ3n) is 3.15. The fourth-order valence-electron chi connectivity index (χ4n) is 1.92. The van der Waals surface area contributed by atoms with Crippen LogP contribution in [-0.2, 0) is 16.6 Å². The van der Waals surface area contributed by atoms with Crippen LogP contribution in [0.5, 0.6) is 0 Å². The lowest BCUT2D eigenvalue weighted by Gasteiger charge is -2.31. The number of nitrogens with one attached hydrogen (secondary N) is 1. The van der Waals surface area contributed by atoms with Gasteiger partial charge >= 0.3 is 0 Å². The summed E-state index contributed by atoms with van der Waals surface area (Å²) >= 11 is 6.35.